The lowest BCUT2D eigenvalue weighted by Gasteiger charge is -2.57. The molecule has 4 fully saturated rings. The third kappa shape index (κ3) is 1.70. The molecule has 0 unspecified atom stereocenters. The Kier molecular flexibility index (Phi) is 2.88. The summed E-state index contributed by atoms with van der Waals surface area (Å²) in [6.07, 6.45) is 6.82. The molecule has 0 heterocycles. The average Bonchev–Trinajstić information content (AvgIpc) is 2.32. The van der Waals surface area contributed by atoms with E-state index in [1.807, 2.05) is 0 Å². The Hall–Kier alpha value is -0.590. The van der Waals surface area contributed by atoms with Gasteiger partial charge in [-0.15, -0.1) is 0 Å². The van der Waals surface area contributed by atoms with Crippen LogP contribution in [-0.4, -0.2) is 23.9 Å². The Morgan fingerprint density at radius 2 is 1.71 bits per heavy atom. The first-order chi connectivity index (χ1) is 8.28. The van der Waals surface area contributed by atoms with E-state index in [0.29, 0.717) is 24.9 Å². The van der Waals surface area contributed by atoms with Crippen LogP contribution in [0.5, 0.6) is 0 Å². The van der Waals surface area contributed by atoms with Gasteiger partial charge in [-0.2, -0.15) is 5.26 Å². The number of ether oxygens (including phenoxy) is 1. The number of rotatable bonds is 4. The van der Waals surface area contributed by atoms with Gasteiger partial charge in [0, 0.05) is 18.4 Å². The summed E-state index contributed by atoms with van der Waals surface area (Å²) in [5.41, 5.74) is -0.511. The zero-order chi connectivity index (χ0) is 11.9. The van der Waals surface area contributed by atoms with Gasteiger partial charge in [0.1, 0.15) is 0 Å². The standard InChI is InChI=1S/C14H21NO2/c15-9-14(17-3-1-2-16)12-5-10-4-11(7-12)8-13(14)6-10/h10-13,16H,1-8H2. The highest BCUT2D eigenvalue weighted by atomic mass is 16.5. The van der Waals surface area contributed by atoms with E-state index >= 15 is 0 Å². The largest absolute Gasteiger partial charge is 0.396 e. The Balaban J connectivity index is 1.78. The molecule has 3 heteroatoms. The summed E-state index contributed by atoms with van der Waals surface area (Å²) >= 11 is 0. The smallest absolute Gasteiger partial charge is 0.159 e. The first-order valence-corrected chi connectivity index (χ1v) is 6.94. The summed E-state index contributed by atoms with van der Waals surface area (Å²) in [6.45, 7) is 0.689. The molecule has 17 heavy (non-hydrogen) atoms. The highest BCUT2D eigenvalue weighted by Gasteiger charge is 2.58. The van der Waals surface area contributed by atoms with Crippen LogP contribution in [0.25, 0.3) is 0 Å². The second-order valence-corrected chi connectivity index (χ2v) is 6.13. The number of aliphatic hydroxyl groups excluding tert-OH is 1. The SMILES string of the molecule is N#CC1(OCCCO)C2CC3CC(C2)CC1C3. The summed E-state index contributed by atoms with van der Waals surface area (Å²) < 4.78 is 5.97. The van der Waals surface area contributed by atoms with Crippen molar-refractivity contribution in [1.29, 1.82) is 5.26 Å². The molecular weight excluding hydrogens is 214 g/mol. The summed E-state index contributed by atoms with van der Waals surface area (Å²) in [5, 5.41) is 18.5. The van der Waals surface area contributed by atoms with E-state index in [-0.39, 0.29) is 6.61 Å². The summed E-state index contributed by atoms with van der Waals surface area (Å²) in [7, 11) is 0. The van der Waals surface area contributed by atoms with Crippen molar-refractivity contribution < 1.29 is 9.84 Å². The van der Waals surface area contributed by atoms with E-state index in [0.717, 1.165) is 11.8 Å². The van der Waals surface area contributed by atoms with Crippen LogP contribution >= 0.6 is 0 Å². The highest BCUT2D eigenvalue weighted by molar-refractivity contribution is 5.18. The quantitative estimate of drug-likeness (QED) is 0.759. The molecule has 0 saturated heterocycles. The molecule has 0 spiro atoms. The number of hydrogen-bond donors (Lipinski definition) is 1. The maximum absolute atomic E-state index is 9.61. The molecule has 0 radical (unpaired) electrons. The first kappa shape index (κ1) is 11.5. The van der Waals surface area contributed by atoms with Gasteiger partial charge in [-0.1, -0.05) is 0 Å². The van der Waals surface area contributed by atoms with Crippen LogP contribution in [0, 0.1) is 35.0 Å². The number of nitriles is 1. The van der Waals surface area contributed by atoms with Crippen LogP contribution in [0.3, 0.4) is 0 Å². The van der Waals surface area contributed by atoms with Gasteiger partial charge in [0.05, 0.1) is 12.7 Å². The molecule has 3 nitrogen and oxygen atoms in total. The minimum absolute atomic E-state index is 0.155. The first-order valence-electron chi connectivity index (χ1n) is 6.94. The second kappa shape index (κ2) is 4.26. The van der Waals surface area contributed by atoms with Crippen molar-refractivity contribution >= 4 is 0 Å². The molecule has 4 saturated carbocycles. The van der Waals surface area contributed by atoms with E-state index in [1.165, 1.54) is 32.1 Å². The molecule has 0 aromatic heterocycles. The van der Waals surface area contributed by atoms with Gasteiger partial charge >= 0.3 is 0 Å². The van der Waals surface area contributed by atoms with Crippen molar-refractivity contribution in [3.05, 3.63) is 0 Å². The van der Waals surface area contributed by atoms with E-state index in [2.05, 4.69) is 6.07 Å². The van der Waals surface area contributed by atoms with Gasteiger partial charge in [0.2, 0.25) is 0 Å². The molecule has 4 aliphatic rings. The van der Waals surface area contributed by atoms with Crippen molar-refractivity contribution in [3.8, 4) is 6.07 Å². The predicted molar refractivity (Wildman–Crippen MR) is 63.0 cm³/mol. The molecule has 4 bridgehead atoms. The van der Waals surface area contributed by atoms with Crippen LogP contribution in [0.15, 0.2) is 0 Å². The highest BCUT2D eigenvalue weighted by Crippen LogP contribution is 2.59. The lowest BCUT2D eigenvalue weighted by atomic mass is 9.50. The van der Waals surface area contributed by atoms with Crippen molar-refractivity contribution in [2.45, 2.75) is 44.1 Å². The zero-order valence-corrected chi connectivity index (χ0v) is 10.3. The number of hydrogen-bond acceptors (Lipinski definition) is 3. The van der Waals surface area contributed by atoms with Crippen molar-refractivity contribution in [3.63, 3.8) is 0 Å². The Morgan fingerprint density at radius 3 is 2.18 bits per heavy atom. The molecule has 0 aromatic rings. The maximum Gasteiger partial charge on any atom is 0.159 e. The number of aliphatic hydroxyl groups is 1. The zero-order valence-electron chi connectivity index (χ0n) is 10.3. The van der Waals surface area contributed by atoms with E-state index in [9.17, 15) is 5.26 Å². The minimum atomic E-state index is -0.511. The van der Waals surface area contributed by atoms with Gasteiger partial charge in [0.25, 0.3) is 0 Å². The van der Waals surface area contributed by atoms with Crippen LogP contribution in [0.4, 0.5) is 0 Å². The predicted octanol–water partition coefficient (Wildman–Crippen LogP) is 2.10. The summed E-state index contributed by atoms with van der Waals surface area (Å²) in [4.78, 5) is 0. The topological polar surface area (TPSA) is 53.2 Å². The molecule has 4 aliphatic carbocycles. The summed E-state index contributed by atoms with van der Waals surface area (Å²) in [5.74, 6) is 2.64. The molecule has 0 amide bonds. The fraction of sp³-hybridized carbons (Fsp3) is 0.929. The molecule has 4 rings (SSSR count). The fourth-order valence-electron chi connectivity index (χ4n) is 4.64. The normalized spacial score (nSPS) is 47.1. The number of nitrogens with zero attached hydrogens (tertiary/aromatic N) is 1. The minimum Gasteiger partial charge on any atom is -0.396 e. The monoisotopic (exact) mass is 235 g/mol. The van der Waals surface area contributed by atoms with E-state index < -0.39 is 5.60 Å². The fourth-order valence-corrected chi connectivity index (χ4v) is 4.64. The molecule has 0 atom stereocenters. The van der Waals surface area contributed by atoms with Gasteiger partial charge in [-0.3, -0.25) is 0 Å². The Morgan fingerprint density at radius 1 is 1.12 bits per heavy atom. The lowest BCUT2D eigenvalue weighted by Crippen LogP contribution is -2.58. The molecule has 0 aromatic carbocycles. The Bertz CT molecular complexity index is 306. The van der Waals surface area contributed by atoms with Gasteiger partial charge < -0.3 is 9.84 Å². The van der Waals surface area contributed by atoms with Gasteiger partial charge in [0.15, 0.2) is 5.60 Å². The third-order valence-corrected chi connectivity index (χ3v) is 5.17. The summed E-state index contributed by atoms with van der Waals surface area (Å²) in [6, 6.07) is 2.52. The molecule has 0 aliphatic heterocycles. The maximum atomic E-state index is 9.61. The Labute approximate surface area is 103 Å². The van der Waals surface area contributed by atoms with Crippen LogP contribution in [0.1, 0.15) is 38.5 Å². The average molecular weight is 235 g/mol. The molecule has 94 valence electrons. The van der Waals surface area contributed by atoms with Crippen LogP contribution in [-0.2, 0) is 4.74 Å². The lowest BCUT2D eigenvalue weighted by molar-refractivity contribution is -0.172. The molecular formula is C14H21NO2. The molecule has 1 N–H and O–H groups in total. The second-order valence-electron chi connectivity index (χ2n) is 6.13. The van der Waals surface area contributed by atoms with Crippen LogP contribution < -0.4 is 0 Å². The van der Waals surface area contributed by atoms with Crippen molar-refractivity contribution in [2.75, 3.05) is 13.2 Å². The van der Waals surface area contributed by atoms with Gasteiger partial charge in [-0.25, -0.2) is 0 Å². The van der Waals surface area contributed by atoms with Crippen LogP contribution in [0.2, 0.25) is 0 Å². The van der Waals surface area contributed by atoms with E-state index in [1.54, 1.807) is 0 Å². The van der Waals surface area contributed by atoms with Crippen molar-refractivity contribution in [1.82, 2.24) is 0 Å². The van der Waals surface area contributed by atoms with E-state index in [4.69, 9.17) is 9.84 Å². The van der Waals surface area contributed by atoms with Crippen molar-refractivity contribution in [2.24, 2.45) is 23.7 Å². The van der Waals surface area contributed by atoms with Gasteiger partial charge in [-0.05, 0) is 50.4 Å². The third-order valence-electron chi connectivity index (χ3n) is 5.17.